The summed E-state index contributed by atoms with van der Waals surface area (Å²) in [5.41, 5.74) is -0.292. The number of non-ortho nitro benzene ring substituents is 1. The number of carbonyl (C=O) groups is 2. The number of rotatable bonds is 2. The van der Waals surface area contributed by atoms with Gasteiger partial charge in [-0.1, -0.05) is 12.2 Å². The van der Waals surface area contributed by atoms with Crippen molar-refractivity contribution in [2.45, 2.75) is 12.8 Å². The van der Waals surface area contributed by atoms with E-state index in [2.05, 4.69) is 0 Å². The number of benzene rings is 1. The fraction of sp³-hybridized carbons (Fsp3) is 0.286. The van der Waals surface area contributed by atoms with Gasteiger partial charge in [0.2, 0.25) is 11.8 Å². The molecule has 2 amide bonds. The van der Waals surface area contributed by atoms with Crippen LogP contribution in [0.15, 0.2) is 30.4 Å². The number of hydrogen-bond donors (Lipinski definition) is 1. The topological polar surface area (TPSA) is 101 Å². The average molecular weight is 288 g/mol. The zero-order valence-corrected chi connectivity index (χ0v) is 10.9. The summed E-state index contributed by atoms with van der Waals surface area (Å²) in [6.45, 7) is 0. The third-order valence-electron chi connectivity index (χ3n) is 3.92. The first-order valence-corrected chi connectivity index (χ1v) is 6.51. The van der Waals surface area contributed by atoms with E-state index in [4.69, 9.17) is 0 Å². The number of phenolic OH excluding ortho intramolecular Hbond substituents is 1. The number of nitrogens with zero attached hydrogens (tertiary/aromatic N) is 2. The molecule has 2 atom stereocenters. The molecule has 1 heterocycles. The van der Waals surface area contributed by atoms with E-state index in [-0.39, 0.29) is 23.2 Å². The molecule has 0 spiro atoms. The third-order valence-corrected chi connectivity index (χ3v) is 3.92. The van der Waals surface area contributed by atoms with Crippen LogP contribution >= 0.6 is 0 Å². The molecule has 0 radical (unpaired) electrons. The second-order valence-electron chi connectivity index (χ2n) is 5.10. The van der Waals surface area contributed by atoms with E-state index in [1.165, 1.54) is 6.07 Å². The van der Waals surface area contributed by atoms with Gasteiger partial charge in [-0.3, -0.25) is 19.7 Å². The number of nitro groups is 1. The van der Waals surface area contributed by atoms with Gasteiger partial charge in [-0.25, -0.2) is 4.90 Å². The van der Waals surface area contributed by atoms with Crippen molar-refractivity contribution in [2.24, 2.45) is 11.8 Å². The second kappa shape index (κ2) is 4.69. The lowest BCUT2D eigenvalue weighted by Crippen LogP contribution is -2.30. The van der Waals surface area contributed by atoms with Crippen molar-refractivity contribution in [3.05, 3.63) is 40.5 Å². The monoisotopic (exact) mass is 288 g/mol. The first-order chi connectivity index (χ1) is 10.0. The van der Waals surface area contributed by atoms with Gasteiger partial charge in [0, 0.05) is 6.07 Å². The third kappa shape index (κ3) is 1.97. The van der Waals surface area contributed by atoms with Crippen molar-refractivity contribution < 1.29 is 19.6 Å². The molecule has 2 aliphatic rings. The normalized spacial score (nSPS) is 24.3. The van der Waals surface area contributed by atoms with Crippen LogP contribution in [0.5, 0.6) is 5.75 Å². The van der Waals surface area contributed by atoms with Gasteiger partial charge in [-0.15, -0.1) is 0 Å². The van der Waals surface area contributed by atoms with Gasteiger partial charge < -0.3 is 5.11 Å². The summed E-state index contributed by atoms with van der Waals surface area (Å²) >= 11 is 0. The first-order valence-electron chi connectivity index (χ1n) is 6.51. The van der Waals surface area contributed by atoms with Crippen molar-refractivity contribution in [2.75, 3.05) is 4.90 Å². The Labute approximate surface area is 119 Å². The van der Waals surface area contributed by atoms with Crippen LogP contribution in [-0.2, 0) is 9.59 Å². The van der Waals surface area contributed by atoms with Gasteiger partial charge in [0.1, 0.15) is 5.75 Å². The molecular formula is C14H12N2O5. The zero-order chi connectivity index (χ0) is 15.1. The summed E-state index contributed by atoms with van der Waals surface area (Å²) < 4.78 is 0. The summed E-state index contributed by atoms with van der Waals surface area (Å²) in [4.78, 5) is 35.6. The van der Waals surface area contributed by atoms with E-state index >= 15 is 0 Å². The smallest absolute Gasteiger partial charge is 0.273 e. The maximum atomic E-state index is 12.3. The molecule has 0 unspecified atom stereocenters. The van der Waals surface area contributed by atoms with Crippen molar-refractivity contribution in [1.29, 1.82) is 0 Å². The Morgan fingerprint density at radius 2 is 1.71 bits per heavy atom. The van der Waals surface area contributed by atoms with Crippen molar-refractivity contribution >= 4 is 23.2 Å². The lowest BCUT2D eigenvalue weighted by molar-refractivity contribution is -0.384. The van der Waals surface area contributed by atoms with Gasteiger partial charge >= 0.3 is 0 Å². The number of imide groups is 1. The lowest BCUT2D eigenvalue weighted by Gasteiger charge is -2.15. The molecule has 0 bridgehead atoms. The highest BCUT2D eigenvalue weighted by Crippen LogP contribution is 2.41. The molecule has 1 fully saturated rings. The van der Waals surface area contributed by atoms with Crippen LogP contribution < -0.4 is 4.90 Å². The van der Waals surface area contributed by atoms with Crippen LogP contribution in [0.1, 0.15) is 12.8 Å². The van der Waals surface area contributed by atoms with E-state index in [0.717, 1.165) is 17.0 Å². The minimum Gasteiger partial charge on any atom is -0.505 e. The number of amides is 2. The highest BCUT2D eigenvalue weighted by Gasteiger charge is 2.48. The predicted molar refractivity (Wildman–Crippen MR) is 72.6 cm³/mol. The highest BCUT2D eigenvalue weighted by atomic mass is 16.6. The highest BCUT2D eigenvalue weighted by molar-refractivity contribution is 6.22. The Morgan fingerprint density at radius 3 is 2.19 bits per heavy atom. The summed E-state index contributed by atoms with van der Waals surface area (Å²) in [6, 6.07) is 3.33. The van der Waals surface area contributed by atoms with E-state index in [1.54, 1.807) is 0 Å². The number of anilines is 1. The van der Waals surface area contributed by atoms with E-state index < -0.39 is 22.5 Å². The fourth-order valence-electron chi connectivity index (χ4n) is 2.85. The number of carbonyl (C=O) groups excluding carboxylic acids is 2. The molecule has 7 heteroatoms. The average Bonchev–Trinajstić information content (AvgIpc) is 2.72. The summed E-state index contributed by atoms with van der Waals surface area (Å²) in [7, 11) is 0. The van der Waals surface area contributed by atoms with Gasteiger partial charge in [0.25, 0.3) is 5.69 Å². The lowest BCUT2D eigenvalue weighted by atomic mass is 9.85. The minimum atomic E-state index is -0.652. The SMILES string of the molecule is O=C1[C@H]2CC=CC[C@H]2C(=O)N1c1ccc([N+](=O)[O-])cc1O. The van der Waals surface area contributed by atoms with Crippen LogP contribution in [-0.4, -0.2) is 21.8 Å². The van der Waals surface area contributed by atoms with Crippen molar-refractivity contribution in [3.63, 3.8) is 0 Å². The minimum absolute atomic E-state index is 0.00463. The Hall–Kier alpha value is -2.70. The molecule has 1 aromatic rings. The molecule has 1 aromatic carbocycles. The molecule has 1 aliphatic carbocycles. The standard InChI is InChI=1S/C14H12N2O5/c17-12-7-8(16(20)21)5-6-11(12)15-13(18)9-3-1-2-4-10(9)14(15)19/h1-2,5-7,9-10,17H,3-4H2/t9-,10+. The number of nitro benzene ring substituents is 1. The molecule has 1 N–H and O–H groups in total. The molecule has 0 aromatic heterocycles. The van der Waals surface area contributed by atoms with E-state index in [1.807, 2.05) is 12.2 Å². The quantitative estimate of drug-likeness (QED) is 0.387. The van der Waals surface area contributed by atoms with Gasteiger partial charge in [-0.2, -0.15) is 0 Å². The molecule has 0 saturated carbocycles. The predicted octanol–water partition coefficient (Wildman–Crippen LogP) is 1.76. The maximum absolute atomic E-state index is 12.3. The van der Waals surface area contributed by atoms with Crippen molar-refractivity contribution in [3.8, 4) is 5.75 Å². The summed E-state index contributed by atoms with van der Waals surface area (Å²) in [6.07, 6.45) is 4.73. The van der Waals surface area contributed by atoms with Crippen LogP contribution in [0, 0.1) is 22.0 Å². The molecule has 1 aliphatic heterocycles. The number of phenols is 1. The number of allylic oxidation sites excluding steroid dienone is 2. The van der Waals surface area contributed by atoms with Crippen molar-refractivity contribution in [1.82, 2.24) is 0 Å². The number of hydrogen-bond acceptors (Lipinski definition) is 5. The number of aromatic hydroxyl groups is 1. The van der Waals surface area contributed by atoms with Crippen LogP contribution in [0.3, 0.4) is 0 Å². The van der Waals surface area contributed by atoms with E-state index in [9.17, 15) is 24.8 Å². The summed E-state index contributed by atoms with van der Waals surface area (Å²) in [5, 5.41) is 20.6. The molecular weight excluding hydrogens is 276 g/mol. The molecule has 3 rings (SSSR count). The second-order valence-corrected chi connectivity index (χ2v) is 5.10. The Bertz CT molecular complexity index is 656. The largest absolute Gasteiger partial charge is 0.505 e. The van der Waals surface area contributed by atoms with E-state index in [0.29, 0.717) is 12.8 Å². The fourth-order valence-corrected chi connectivity index (χ4v) is 2.85. The number of fused-ring (bicyclic) bond motifs is 1. The Balaban J connectivity index is 1.99. The molecule has 21 heavy (non-hydrogen) atoms. The van der Waals surface area contributed by atoms with Crippen LogP contribution in [0.4, 0.5) is 11.4 Å². The van der Waals surface area contributed by atoms with Crippen LogP contribution in [0.2, 0.25) is 0 Å². The van der Waals surface area contributed by atoms with Crippen LogP contribution in [0.25, 0.3) is 0 Å². The Kier molecular flexibility index (Phi) is 2.97. The van der Waals surface area contributed by atoms with Gasteiger partial charge in [0.05, 0.1) is 28.5 Å². The first kappa shape index (κ1) is 13.3. The van der Waals surface area contributed by atoms with Gasteiger partial charge in [0.15, 0.2) is 0 Å². The maximum Gasteiger partial charge on any atom is 0.273 e. The molecule has 1 saturated heterocycles. The molecule has 108 valence electrons. The zero-order valence-electron chi connectivity index (χ0n) is 10.9. The molecule has 7 nitrogen and oxygen atoms in total. The summed E-state index contributed by atoms with van der Waals surface area (Å²) in [5.74, 6) is -1.98. The van der Waals surface area contributed by atoms with Gasteiger partial charge in [-0.05, 0) is 18.9 Å². The Morgan fingerprint density at radius 1 is 1.14 bits per heavy atom.